The Kier molecular flexibility index (Phi) is 3.51. The van der Waals surface area contributed by atoms with Gasteiger partial charge < -0.3 is 14.9 Å². The van der Waals surface area contributed by atoms with Crippen molar-refractivity contribution in [2.24, 2.45) is 0 Å². The maximum absolute atomic E-state index is 12.7. The summed E-state index contributed by atoms with van der Waals surface area (Å²) in [6, 6.07) is 7.33. The molecule has 0 spiro atoms. The van der Waals surface area contributed by atoms with Crippen LogP contribution in [0.4, 0.5) is 0 Å². The third-order valence-electron chi connectivity index (χ3n) is 4.07. The lowest BCUT2D eigenvalue weighted by Gasteiger charge is -2.38. The normalized spacial score (nSPS) is 19.9. The van der Waals surface area contributed by atoms with Gasteiger partial charge in [0.15, 0.2) is 5.75 Å². The number of phenolic OH excluding ortho intramolecular Hbond substituents is 1. The molecule has 1 aliphatic rings. The van der Waals surface area contributed by atoms with Crippen LogP contribution in [0.3, 0.4) is 0 Å². The van der Waals surface area contributed by atoms with Crippen LogP contribution >= 0.6 is 0 Å². The molecule has 2 aromatic rings. The fourth-order valence-electron chi connectivity index (χ4n) is 2.90. The van der Waals surface area contributed by atoms with Crippen LogP contribution in [-0.2, 0) is 0 Å². The SMILES string of the molecule is CC1CN(C)CCN1C(=O)c1ccc2cccnc2c1O. The van der Waals surface area contributed by atoms with E-state index in [4.69, 9.17) is 0 Å². The number of phenols is 1. The number of carbonyl (C=O) groups is 1. The molecule has 0 saturated carbocycles. The first-order valence-electron chi connectivity index (χ1n) is 7.14. The van der Waals surface area contributed by atoms with E-state index in [1.807, 2.05) is 30.0 Å². The summed E-state index contributed by atoms with van der Waals surface area (Å²) in [7, 11) is 2.05. The molecule has 1 unspecified atom stereocenters. The summed E-state index contributed by atoms with van der Waals surface area (Å²) >= 11 is 0. The van der Waals surface area contributed by atoms with Crippen molar-refractivity contribution >= 4 is 16.8 Å². The van der Waals surface area contributed by atoms with Crippen LogP contribution in [0.5, 0.6) is 5.75 Å². The maximum atomic E-state index is 12.7. The van der Waals surface area contributed by atoms with E-state index in [2.05, 4.69) is 16.9 Å². The molecule has 5 nitrogen and oxygen atoms in total. The van der Waals surface area contributed by atoms with E-state index < -0.39 is 0 Å². The highest BCUT2D eigenvalue weighted by Crippen LogP contribution is 2.28. The molecule has 1 aliphatic heterocycles. The number of aromatic nitrogens is 1. The van der Waals surface area contributed by atoms with Crippen LogP contribution in [0.15, 0.2) is 30.5 Å². The van der Waals surface area contributed by atoms with Gasteiger partial charge in [-0.2, -0.15) is 0 Å². The number of pyridine rings is 1. The van der Waals surface area contributed by atoms with Gasteiger partial charge in [0, 0.05) is 37.3 Å². The van der Waals surface area contributed by atoms with Gasteiger partial charge in [0.1, 0.15) is 5.52 Å². The highest BCUT2D eigenvalue weighted by Gasteiger charge is 2.28. The van der Waals surface area contributed by atoms with Crippen LogP contribution in [-0.4, -0.2) is 58.5 Å². The van der Waals surface area contributed by atoms with Gasteiger partial charge in [-0.25, -0.2) is 0 Å². The van der Waals surface area contributed by atoms with Gasteiger partial charge in [-0.1, -0.05) is 12.1 Å². The zero-order chi connectivity index (χ0) is 15.0. The van der Waals surface area contributed by atoms with Crippen molar-refractivity contribution in [3.63, 3.8) is 0 Å². The number of fused-ring (bicyclic) bond motifs is 1. The molecule has 2 heterocycles. The molecule has 1 atom stereocenters. The molecular weight excluding hydrogens is 266 g/mol. The van der Waals surface area contributed by atoms with Crippen molar-refractivity contribution < 1.29 is 9.90 Å². The van der Waals surface area contributed by atoms with Gasteiger partial charge in [0.25, 0.3) is 5.91 Å². The number of piperazine rings is 1. The number of nitrogens with zero attached hydrogens (tertiary/aromatic N) is 3. The topological polar surface area (TPSA) is 56.7 Å². The molecule has 0 aliphatic carbocycles. The van der Waals surface area contributed by atoms with E-state index in [0.29, 0.717) is 17.6 Å². The average molecular weight is 285 g/mol. The van der Waals surface area contributed by atoms with Gasteiger partial charge >= 0.3 is 0 Å². The second-order valence-electron chi connectivity index (χ2n) is 5.65. The Morgan fingerprint density at radius 1 is 1.33 bits per heavy atom. The van der Waals surface area contributed by atoms with E-state index in [1.54, 1.807) is 12.3 Å². The number of amides is 1. The van der Waals surface area contributed by atoms with Crippen LogP contribution in [0.25, 0.3) is 10.9 Å². The zero-order valence-electron chi connectivity index (χ0n) is 12.3. The smallest absolute Gasteiger partial charge is 0.258 e. The first kappa shape index (κ1) is 13.8. The molecule has 110 valence electrons. The summed E-state index contributed by atoms with van der Waals surface area (Å²) in [5, 5.41) is 11.2. The first-order chi connectivity index (χ1) is 10.1. The highest BCUT2D eigenvalue weighted by atomic mass is 16.3. The molecule has 0 bridgehead atoms. The quantitative estimate of drug-likeness (QED) is 0.866. The number of aromatic hydroxyl groups is 1. The number of likely N-dealkylation sites (N-methyl/N-ethyl adjacent to an activating group) is 1. The van der Waals surface area contributed by atoms with E-state index in [-0.39, 0.29) is 17.7 Å². The molecule has 21 heavy (non-hydrogen) atoms. The monoisotopic (exact) mass is 285 g/mol. The fraction of sp³-hybridized carbons (Fsp3) is 0.375. The summed E-state index contributed by atoms with van der Waals surface area (Å²) in [4.78, 5) is 20.9. The number of hydrogen-bond donors (Lipinski definition) is 1. The maximum Gasteiger partial charge on any atom is 0.258 e. The molecule has 5 heteroatoms. The highest BCUT2D eigenvalue weighted by molar-refractivity contribution is 6.02. The van der Waals surface area contributed by atoms with Crippen molar-refractivity contribution in [1.82, 2.24) is 14.8 Å². The molecule has 1 aromatic heterocycles. The summed E-state index contributed by atoms with van der Waals surface area (Å²) in [5.41, 5.74) is 0.808. The Morgan fingerprint density at radius 3 is 2.90 bits per heavy atom. The Balaban J connectivity index is 1.96. The molecule has 1 N–H and O–H groups in total. The first-order valence-corrected chi connectivity index (χ1v) is 7.14. The summed E-state index contributed by atoms with van der Waals surface area (Å²) in [6.07, 6.45) is 1.62. The molecule has 1 fully saturated rings. The average Bonchev–Trinajstić information content (AvgIpc) is 2.47. The van der Waals surface area contributed by atoms with Gasteiger partial charge in [-0.15, -0.1) is 0 Å². The largest absolute Gasteiger partial charge is 0.505 e. The number of carbonyl (C=O) groups excluding carboxylic acids is 1. The minimum absolute atomic E-state index is 0.0239. The summed E-state index contributed by atoms with van der Waals surface area (Å²) < 4.78 is 0. The third-order valence-corrected chi connectivity index (χ3v) is 4.07. The lowest BCUT2D eigenvalue weighted by Crippen LogP contribution is -2.52. The molecule has 1 aromatic carbocycles. The standard InChI is InChI=1S/C16H19N3O2/c1-11-10-18(2)8-9-19(11)16(21)13-6-5-12-4-3-7-17-14(12)15(13)20/h3-7,11,20H,8-10H2,1-2H3. The van der Waals surface area contributed by atoms with E-state index in [9.17, 15) is 9.90 Å². The van der Waals surface area contributed by atoms with E-state index >= 15 is 0 Å². The molecule has 1 saturated heterocycles. The van der Waals surface area contributed by atoms with Crippen LogP contribution < -0.4 is 0 Å². The van der Waals surface area contributed by atoms with Crippen molar-refractivity contribution in [2.45, 2.75) is 13.0 Å². The lowest BCUT2D eigenvalue weighted by atomic mass is 10.1. The predicted octanol–water partition coefficient (Wildman–Crippen LogP) is 1.72. The lowest BCUT2D eigenvalue weighted by molar-refractivity contribution is 0.0531. The van der Waals surface area contributed by atoms with Crippen LogP contribution in [0.2, 0.25) is 0 Å². The van der Waals surface area contributed by atoms with Crippen LogP contribution in [0, 0.1) is 0 Å². The molecule has 0 radical (unpaired) electrons. The molecular formula is C16H19N3O2. The Hall–Kier alpha value is -2.14. The van der Waals surface area contributed by atoms with Gasteiger partial charge in [-0.3, -0.25) is 9.78 Å². The number of rotatable bonds is 1. The Bertz CT molecular complexity index is 686. The molecule has 3 rings (SSSR count). The Morgan fingerprint density at radius 2 is 2.14 bits per heavy atom. The Labute approximate surface area is 123 Å². The minimum atomic E-state index is -0.124. The third kappa shape index (κ3) is 2.45. The summed E-state index contributed by atoms with van der Waals surface area (Å²) in [5.74, 6) is -0.148. The van der Waals surface area contributed by atoms with Crippen molar-refractivity contribution in [1.29, 1.82) is 0 Å². The molecule has 1 amide bonds. The van der Waals surface area contributed by atoms with Crippen molar-refractivity contribution in [3.05, 3.63) is 36.0 Å². The van der Waals surface area contributed by atoms with Crippen molar-refractivity contribution in [3.8, 4) is 5.75 Å². The van der Waals surface area contributed by atoms with Crippen molar-refractivity contribution in [2.75, 3.05) is 26.7 Å². The van der Waals surface area contributed by atoms with Gasteiger partial charge in [0.2, 0.25) is 0 Å². The second kappa shape index (κ2) is 5.33. The van der Waals surface area contributed by atoms with E-state index in [1.165, 1.54) is 0 Å². The predicted molar refractivity (Wildman–Crippen MR) is 81.4 cm³/mol. The van der Waals surface area contributed by atoms with Gasteiger partial charge in [0.05, 0.1) is 5.56 Å². The zero-order valence-corrected chi connectivity index (χ0v) is 12.3. The number of hydrogen-bond acceptors (Lipinski definition) is 4. The fourth-order valence-corrected chi connectivity index (χ4v) is 2.90. The van der Waals surface area contributed by atoms with Gasteiger partial charge in [-0.05, 0) is 26.1 Å². The second-order valence-corrected chi connectivity index (χ2v) is 5.65. The minimum Gasteiger partial charge on any atom is -0.505 e. The van der Waals surface area contributed by atoms with E-state index in [0.717, 1.165) is 18.5 Å². The number of benzene rings is 1. The van der Waals surface area contributed by atoms with Crippen LogP contribution in [0.1, 0.15) is 17.3 Å². The summed E-state index contributed by atoms with van der Waals surface area (Å²) in [6.45, 7) is 4.40.